The molecule has 1 N–H and O–H groups in total. The van der Waals surface area contributed by atoms with E-state index in [0.29, 0.717) is 62.2 Å². The zero-order chi connectivity index (χ0) is 22.9. The third-order valence-electron chi connectivity index (χ3n) is 6.33. The summed E-state index contributed by atoms with van der Waals surface area (Å²) in [6.45, 7) is 7.38. The van der Waals surface area contributed by atoms with Gasteiger partial charge in [-0.3, -0.25) is 14.5 Å². The maximum Gasteiger partial charge on any atom is 0.254 e. The SMILES string of the molecule is CCNC(=O)CN1CCN(C(=O)c2cc(C3CC3)nc3c2c(C)nn3-c2ccccn2)CC1. The Morgan fingerprint density at radius 1 is 1.15 bits per heavy atom. The number of nitrogens with zero attached hydrogens (tertiary/aromatic N) is 6. The van der Waals surface area contributed by atoms with Crippen molar-refractivity contribution in [2.24, 2.45) is 0 Å². The van der Waals surface area contributed by atoms with Crippen molar-refractivity contribution in [2.75, 3.05) is 39.3 Å². The molecule has 9 heteroatoms. The van der Waals surface area contributed by atoms with Crippen LogP contribution < -0.4 is 5.32 Å². The molecule has 0 aromatic carbocycles. The molecular weight excluding hydrogens is 418 g/mol. The molecule has 2 fully saturated rings. The van der Waals surface area contributed by atoms with Gasteiger partial charge in [-0.15, -0.1) is 0 Å². The number of carbonyl (C=O) groups is 2. The molecule has 0 atom stereocenters. The molecular formula is C24H29N7O2. The molecule has 2 aliphatic rings. The lowest BCUT2D eigenvalue weighted by Crippen LogP contribution is -2.51. The van der Waals surface area contributed by atoms with Crippen molar-refractivity contribution in [2.45, 2.75) is 32.6 Å². The van der Waals surface area contributed by atoms with Gasteiger partial charge in [0.15, 0.2) is 11.5 Å². The minimum absolute atomic E-state index is 0.00521. The highest BCUT2D eigenvalue weighted by Crippen LogP contribution is 2.41. The van der Waals surface area contributed by atoms with Gasteiger partial charge in [0.1, 0.15) is 0 Å². The average molecular weight is 448 g/mol. The van der Waals surface area contributed by atoms with Crippen molar-refractivity contribution < 1.29 is 9.59 Å². The van der Waals surface area contributed by atoms with E-state index in [1.807, 2.05) is 43.0 Å². The van der Waals surface area contributed by atoms with Crippen molar-refractivity contribution in [1.29, 1.82) is 0 Å². The van der Waals surface area contributed by atoms with E-state index in [1.54, 1.807) is 10.9 Å². The van der Waals surface area contributed by atoms with Gasteiger partial charge in [-0.2, -0.15) is 9.78 Å². The second-order valence-electron chi connectivity index (χ2n) is 8.77. The minimum Gasteiger partial charge on any atom is -0.355 e. The number of piperazine rings is 1. The predicted molar refractivity (Wildman–Crippen MR) is 124 cm³/mol. The monoisotopic (exact) mass is 447 g/mol. The first-order chi connectivity index (χ1) is 16.0. The molecule has 1 aliphatic heterocycles. The Morgan fingerprint density at radius 3 is 2.61 bits per heavy atom. The van der Waals surface area contributed by atoms with E-state index in [4.69, 9.17) is 10.1 Å². The van der Waals surface area contributed by atoms with Gasteiger partial charge in [0, 0.05) is 50.5 Å². The predicted octanol–water partition coefficient (Wildman–Crippen LogP) is 1.90. The Morgan fingerprint density at radius 2 is 1.94 bits per heavy atom. The van der Waals surface area contributed by atoms with Crippen LogP contribution in [0.15, 0.2) is 30.5 Å². The molecule has 0 unspecified atom stereocenters. The minimum atomic E-state index is 0.00521. The molecule has 5 rings (SSSR count). The quantitative estimate of drug-likeness (QED) is 0.620. The van der Waals surface area contributed by atoms with E-state index in [-0.39, 0.29) is 11.8 Å². The number of amides is 2. The highest BCUT2D eigenvalue weighted by atomic mass is 16.2. The van der Waals surface area contributed by atoms with Gasteiger partial charge in [0.2, 0.25) is 5.91 Å². The van der Waals surface area contributed by atoms with E-state index in [0.717, 1.165) is 29.6 Å². The molecule has 9 nitrogen and oxygen atoms in total. The van der Waals surface area contributed by atoms with Crippen molar-refractivity contribution in [1.82, 2.24) is 34.9 Å². The van der Waals surface area contributed by atoms with E-state index in [1.165, 1.54) is 0 Å². The number of hydrogen-bond donors (Lipinski definition) is 1. The maximum atomic E-state index is 13.7. The number of fused-ring (bicyclic) bond motifs is 1. The van der Waals surface area contributed by atoms with Crippen molar-refractivity contribution in [3.8, 4) is 5.82 Å². The van der Waals surface area contributed by atoms with Crippen LogP contribution in [0.5, 0.6) is 0 Å². The Labute approximate surface area is 192 Å². The van der Waals surface area contributed by atoms with E-state index in [9.17, 15) is 9.59 Å². The third kappa shape index (κ3) is 4.32. The summed E-state index contributed by atoms with van der Waals surface area (Å²) in [7, 11) is 0. The summed E-state index contributed by atoms with van der Waals surface area (Å²) in [5.41, 5.74) is 3.08. The van der Waals surface area contributed by atoms with Crippen LogP contribution in [-0.4, -0.2) is 80.6 Å². The maximum absolute atomic E-state index is 13.7. The van der Waals surface area contributed by atoms with Crippen LogP contribution in [0.25, 0.3) is 16.9 Å². The molecule has 0 spiro atoms. The van der Waals surface area contributed by atoms with E-state index >= 15 is 0 Å². The number of likely N-dealkylation sites (N-methyl/N-ethyl adjacent to an activating group) is 1. The number of hydrogen-bond acceptors (Lipinski definition) is 6. The fourth-order valence-electron chi connectivity index (χ4n) is 4.44. The highest BCUT2D eigenvalue weighted by molar-refractivity contribution is 6.07. The number of nitrogens with one attached hydrogen (secondary N) is 1. The van der Waals surface area contributed by atoms with Crippen LogP contribution in [0.1, 0.15) is 47.4 Å². The molecule has 0 radical (unpaired) electrons. The molecule has 33 heavy (non-hydrogen) atoms. The zero-order valence-electron chi connectivity index (χ0n) is 19.1. The van der Waals surface area contributed by atoms with Gasteiger partial charge in [0.05, 0.1) is 23.2 Å². The number of rotatable bonds is 6. The lowest BCUT2D eigenvalue weighted by Gasteiger charge is -2.34. The van der Waals surface area contributed by atoms with Gasteiger partial charge in [-0.25, -0.2) is 9.97 Å². The topological polar surface area (TPSA) is 96.3 Å². The molecule has 1 saturated carbocycles. The van der Waals surface area contributed by atoms with Crippen molar-refractivity contribution in [3.05, 3.63) is 47.4 Å². The summed E-state index contributed by atoms with van der Waals surface area (Å²) in [5.74, 6) is 1.13. The highest BCUT2D eigenvalue weighted by Gasteiger charge is 2.31. The first-order valence-electron chi connectivity index (χ1n) is 11.6. The van der Waals surface area contributed by atoms with Crippen LogP contribution in [0.3, 0.4) is 0 Å². The number of pyridine rings is 2. The first kappa shape index (κ1) is 21.5. The molecule has 1 aliphatic carbocycles. The summed E-state index contributed by atoms with van der Waals surface area (Å²) < 4.78 is 1.75. The largest absolute Gasteiger partial charge is 0.355 e. The van der Waals surface area contributed by atoms with Gasteiger partial charge in [-0.1, -0.05) is 6.07 Å². The summed E-state index contributed by atoms with van der Waals surface area (Å²) >= 11 is 0. The summed E-state index contributed by atoms with van der Waals surface area (Å²) in [6.07, 6.45) is 3.93. The number of carbonyl (C=O) groups excluding carboxylic acids is 2. The van der Waals surface area contributed by atoms with Crippen LogP contribution in [-0.2, 0) is 4.79 Å². The van der Waals surface area contributed by atoms with Crippen molar-refractivity contribution >= 4 is 22.8 Å². The Hall–Kier alpha value is -3.33. The van der Waals surface area contributed by atoms with Crippen LogP contribution >= 0.6 is 0 Å². The normalized spacial score (nSPS) is 16.8. The van der Waals surface area contributed by atoms with E-state index < -0.39 is 0 Å². The Kier molecular flexibility index (Phi) is 5.80. The fourth-order valence-corrected chi connectivity index (χ4v) is 4.44. The third-order valence-corrected chi connectivity index (χ3v) is 6.33. The first-order valence-corrected chi connectivity index (χ1v) is 11.6. The second kappa shape index (κ2) is 8.90. The van der Waals surface area contributed by atoms with Crippen LogP contribution in [0.2, 0.25) is 0 Å². The molecule has 172 valence electrons. The number of aromatic nitrogens is 4. The van der Waals surface area contributed by atoms with Gasteiger partial charge < -0.3 is 10.2 Å². The van der Waals surface area contributed by atoms with Crippen LogP contribution in [0.4, 0.5) is 0 Å². The van der Waals surface area contributed by atoms with E-state index in [2.05, 4.69) is 15.2 Å². The zero-order valence-corrected chi connectivity index (χ0v) is 19.1. The lowest BCUT2D eigenvalue weighted by atomic mass is 10.1. The van der Waals surface area contributed by atoms with Gasteiger partial charge in [-0.05, 0) is 44.9 Å². The summed E-state index contributed by atoms with van der Waals surface area (Å²) in [5, 5.41) is 8.33. The molecule has 2 amide bonds. The molecule has 3 aromatic rings. The molecule has 1 saturated heterocycles. The summed E-state index contributed by atoms with van der Waals surface area (Å²) in [4.78, 5) is 38.9. The molecule has 0 bridgehead atoms. The fraction of sp³-hybridized carbons (Fsp3) is 0.458. The Balaban J connectivity index is 1.45. The average Bonchev–Trinajstić information content (AvgIpc) is 3.63. The second-order valence-corrected chi connectivity index (χ2v) is 8.77. The standard InChI is InChI=1S/C24H29N7O2/c1-3-25-21(32)15-29-10-12-30(13-11-29)24(33)18-14-19(17-7-8-17)27-23-22(18)16(2)28-31(23)20-6-4-5-9-26-20/h4-6,9,14,17H,3,7-8,10-13,15H2,1-2H3,(H,25,32). The smallest absolute Gasteiger partial charge is 0.254 e. The summed E-state index contributed by atoms with van der Waals surface area (Å²) in [6, 6.07) is 7.65. The Bertz CT molecular complexity index is 1180. The van der Waals surface area contributed by atoms with Crippen LogP contribution in [0, 0.1) is 6.92 Å². The van der Waals surface area contributed by atoms with Gasteiger partial charge in [0.25, 0.3) is 5.91 Å². The molecule has 3 aromatic heterocycles. The van der Waals surface area contributed by atoms with Crippen molar-refractivity contribution in [3.63, 3.8) is 0 Å². The van der Waals surface area contributed by atoms with Gasteiger partial charge >= 0.3 is 0 Å². The lowest BCUT2D eigenvalue weighted by molar-refractivity contribution is -0.122. The molecule has 4 heterocycles. The number of aryl methyl sites for hydroxylation is 1.